The van der Waals surface area contributed by atoms with E-state index in [1.807, 2.05) is 18.2 Å². The highest BCUT2D eigenvalue weighted by Crippen LogP contribution is 2.42. The molecule has 11 heteroatoms. The molecule has 2 aromatic rings. The number of aliphatic hydroxyl groups is 1. The van der Waals surface area contributed by atoms with E-state index >= 15 is 0 Å². The molecule has 2 aliphatic rings. The Balaban J connectivity index is 1.67. The monoisotopic (exact) mass is 489 g/mol. The van der Waals surface area contributed by atoms with Gasteiger partial charge in [0.2, 0.25) is 0 Å². The van der Waals surface area contributed by atoms with Crippen LogP contribution in [0.5, 0.6) is 0 Å². The largest absolute Gasteiger partial charge is 0.395 e. The van der Waals surface area contributed by atoms with E-state index < -0.39 is 22.2 Å². The van der Waals surface area contributed by atoms with Crippen LogP contribution in [-0.4, -0.2) is 74.7 Å². The number of urea groups is 1. The van der Waals surface area contributed by atoms with Gasteiger partial charge in [0.1, 0.15) is 16.5 Å². The minimum Gasteiger partial charge on any atom is -0.395 e. The summed E-state index contributed by atoms with van der Waals surface area (Å²) in [5.41, 5.74) is 1.67. The van der Waals surface area contributed by atoms with Crippen molar-refractivity contribution in [1.29, 1.82) is 0 Å². The van der Waals surface area contributed by atoms with Crippen molar-refractivity contribution in [3.63, 3.8) is 0 Å². The van der Waals surface area contributed by atoms with Gasteiger partial charge in [0.15, 0.2) is 5.82 Å². The summed E-state index contributed by atoms with van der Waals surface area (Å²) in [5.74, 6) is 1.40. The maximum atomic E-state index is 11.8. The van der Waals surface area contributed by atoms with Crippen LogP contribution in [0.3, 0.4) is 0 Å². The van der Waals surface area contributed by atoms with Crippen LogP contribution in [0.1, 0.15) is 31.4 Å². The summed E-state index contributed by atoms with van der Waals surface area (Å²) in [6.07, 6.45) is 3.55. The number of benzene rings is 1. The van der Waals surface area contributed by atoms with Gasteiger partial charge >= 0.3 is 6.03 Å². The molecule has 2 heterocycles. The minimum atomic E-state index is -2.55. The van der Waals surface area contributed by atoms with Crippen LogP contribution < -0.4 is 15.5 Å². The molecule has 2 fully saturated rings. The Morgan fingerprint density at radius 3 is 2.47 bits per heavy atom. The molecule has 1 aromatic heterocycles. The zero-order valence-corrected chi connectivity index (χ0v) is 19.9. The van der Waals surface area contributed by atoms with Crippen molar-refractivity contribution in [2.24, 2.45) is 0 Å². The summed E-state index contributed by atoms with van der Waals surface area (Å²) in [4.78, 5) is 23.7. The molecule has 0 radical (unpaired) electrons. The fourth-order valence-electron chi connectivity index (χ4n) is 4.63. The van der Waals surface area contributed by atoms with Crippen molar-refractivity contribution in [1.82, 2.24) is 15.3 Å². The quantitative estimate of drug-likeness (QED) is 0.410. The smallest absolute Gasteiger partial charge is 0.319 e. The lowest BCUT2D eigenvalue weighted by Crippen LogP contribution is -2.37. The SMILES string of the molecule is O=C(NCCO)Nc1ccc(-c2nc(N3CCOCC3)cc(C3(C[SH](=O)=O)CCCC3)n2)cc1. The van der Waals surface area contributed by atoms with Crippen LogP contribution in [-0.2, 0) is 20.9 Å². The molecule has 0 spiro atoms. The highest BCUT2D eigenvalue weighted by Gasteiger charge is 2.39. The first-order valence-electron chi connectivity index (χ1n) is 11.6. The second-order valence-electron chi connectivity index (χ2n) is 8.69. The second kappa shape index (κ2) is 11.1. The highest BCUT2D eigenvalue weighted by atomic mass is 32.2. The third kappa shape index (κ3) is 5.83. The molecule has 1 saturated heterocycles. The number of thiol groups is 1. The van der Waals surface area contributed by atoms with E-state index in [1.54, 1.807) is 12.1 Å². The number of amides is 2. The van der Waals surface area contributed by atoms with E-state index in [4.69, 9.17) is 19.8 Å². The molecular weight excluding hydrogens is 458 g/mol. The molecular formula is C23H31N5O5S. The van der Waals surface area contributed by atoms with Gasteiger partial charge in [0.05, 0.1) is 31.3 Å². The first-order chi connectivity index (χ1) is 16.5. The summed E-state index contributed by atoms with van der Waals surface area (Å²) < 4.78 is 29.0. The lowest BCUT2D eigenvalue weighted by atomic mass is 9.84. The first kappa shape index (κ1) is 24.4. The molecule has 10 nitrogen and oxygen atoms in total. The van der Waals surface area contributed by atoms with Gasteiger partial charge in [-0.25, -0.2) is 23.2 Å². The highest BCUT2D eigenvalue weighted by molar-refractivity contribution is 7.72. The number of nitrogens with one attached hydrogen (secondary N) is 2. The van der Waals surface area contributed by atoms with Crippen molar-refractivity contribution in [3.05, 3.63) is 36.0 Å². The number of hydrogen-bond donors (Lipinski definition) is 4. The number of carbonyl (C=O) groups excluding carboxylic acids is 1. The Morgan fingerprint density at radius 2 is 1.82 bits per heavy atom. The zero-order chi connectivity index (χ0) is 24.0. The predicted octanol–water partition coefficient (Wildman–Crippen LogP) is 1.52. The number of hydrogen-bond acceptors (Lipinski definition) is 8. The van der Waals surface area contributed by atoms with E-state index in [0.717, 1.165) is 42.8 Å². The summed E-state index contributed by atoms with van der Waals surface area (Å²) in [6.45, 7) is 2.70. The molecule has 4 rings (SSSR count). The molecule has 0 bridgehead atoms. The average Bonchev–Trinajstić information content (AvgIpc) is 3.32. The van der Waals surface area contributed by atoms with Crippen molar-refractivity contribution in [2.75, 3.05) is 55.4 Å². The Kier molecular flexibility index (Phi) is 7.96. The molecule has 1 aliphatic carbocycles. The molecule has 0 unspecified atom stereocenters. The van der Waals surface area contributed by atoms with Crippen LogP contribution in [0, 0.1) is 0 Å². The lowest BCUT2D eigenvalue weighted by Gasteiger charge is -2.31. The number of morpholine rings is 1. The van der Waals surface area contributed by atoms with Crippen molar-refractivity contribution >= 4 is 28.2 Å². The molecule has 184 valence electrons. The molecule has 1 aliphatic heterocycles. The van der Waals surface area contributed by atoms with Gasteiger partial charge in [0, 0.05) is 42.4 Å². The third-order valence-electron chi connectivity index (χ3n) is 6.38. The number of aliphatic hydroxyl groups excluding tert-OH is 1. The number of carbonyl (C=O) groups is 1. The zero-order valence-electron chi connectivity index (χ0n) is 19.0. The first-order valence-corrected chi connectivity index (χ1v) is 13.0. The number of rotatable bonds is 8. The van der Waals surface area contributed by atoms with Gasteiger partial charge in [0.25, 0.3) is 0 Å². The van der Waals surface area contributed by atoms with E-state index in [2.05, 4.69) is 15.5 Å². The van der Waals surface area contributed by atoms with Crippen LogP contribution in [0.2, 0.25) is 0 Å². The Bertz CT molecular complexity index is 1060. The topological polar surface area (TPSA) is 134 Å². The standard InChI is InChI=1S/C23H31N5O5S/c29-12-9-24-22(30)25-18-5-3-17(4-6-18)21-26-19(23(16-34(31)32)7-1-2-8-23)15-20(27-21)28-10-13-33-14-11-28/h3-6,15,29,34H,1-2,7-14,16H2,(H2,24,25,30). The fraction of sp³-hybridized carbons (Fsp3) is 0.522. The number of anilines is 2. The summed E-state index contributed by atoms with van der Waals surface area (Å²) in [7, 11) is -2.55. The fourth-order valence-corrected chi connectivity index (χ4v) is 5.60. The third-order valence-corrected chi connectivity index (χ3v) is 7.25. The second-order valence-corrected chi connectivity index (χ2v) is 9.68. The summed E-state index contributed by atoms with van der Waals surface area (Å²) in [5, 5.41) is 14.1. The van der Waals surface area contributed by atoms with Crippen LogP contribution >= 0.6 is 0 Å². The van der Waals surface area contributed by atoms with E-state index in [1.165, 1.54) is 0 Å². The van der Waals surface area contributed by atoms with Crippen molar-refractivity contribution < 1.29 is 23.1 Å². The molecule has 2 amide bonds. The lowest BCUT2D eigenvalue weighted by molar-refractivity contribution is 0.122. The van der Waals surface area contributed by atoms with E-state index in [0.29, 0.717) is 37.8 Å². The summed E-state index contributed by atoms with van der Waals surface area (Å²) in [6, 6.07) is 8.75. The average molecular weight is 490 g/mol. The van der Waals surface area contributed by atoms with Gasteiger partial charge in [-0.2, -0.15) is 0 Å². The molecule has 1 saturated carbocycles. The van der Waals surface area contributed by atoms with Gasteiger partial charge < -0.3 is 25.4 Å². The molecule has 0 atom stereocenters. The van der Waals surface area contributed by atoms with E-state index in [-0.39, 0.29) is 18.9 Å². The number of aromatic nitrogens is 2. The maximum Gasteiger partial charge on any atom is 0.319 e. The van der Waals surface area contributed by atoms with Crippen LogP contribution in [0.25, 0.3) is 11.4 Å². The van der Waals surface area contributed by atoms with Gasteiger partial charge in [-0.1, -0.05) is 12.8 Å². The maximum absolute atomic E-state index is 11.8. The van der Waals surface area contributed by atoms with E-state index in [9.17, 15) is 13.2 Å². The Labute approximate surface area is 200 Å². The molecule has 34 heavy (non-hydrogen) atoms. The molecule has 1 aromatic carbocycles. The number of ether oxygens (including phenoxy) is 1. The normalized spacial score (nSPS) is 17.6. The van der Waals surface area contributed by atoms with Crippen LogP contribution in [0.4, 0.5) is 16.3 Å². The summed E-state index contributed by atoms with van der Waals surface area (Å²) >= 11 is 0. The minimum absolute atomic E-state index is 0.0904. The van der Waals surface area contributed by atoms with Gasteiger partial charge in [-0.3, -0.25) is 0 Å². The predicted molar refractivity (Wildman–Crippen MR) is 130 cm³/mol. The van der Waals surface area contributed by atoms with Crippen molar-refractivity contribution in [3.8, 4) is 11.4 Å². The Morgan fingerprint density at radius 1 is 1.12 bits per heavy atom. The van der Waals surface area contributed by atoms with Crippen LogP contribution in [0.15, 0.2) is 30.3 Å². The van der Waals surface area contributed by atoms with Gasteiger partial charge in [-0.05, 0) is 37.1 Å². The van der Waals surface area contributed by atoms with Crippen molar-refractivity contribution in [2.45, 2.75) is 31.1 Å². The van der Waals surface area contributed by atoms with Gasteiger partial charge in [-0.15, -0.1) is 0 Å². The Hall–Kier alpha value is -2.76. The number of nitrogens with zero attached hydrogens (tertiary/aromatic N) is 3. The molecule has 3 N–H and O–H groups in total.